The highest BCUT2D eigenvalue weighted by Crippen LogP contribution is 2.19. The van der Waals surface area contributed by atoms with E-state index in [1.807, 2.05) is 24.3 Å². The van der Waals surface area contributed by atoms with Crippen LogP contribution in [0.5, 0.6) is 0 Å². The van der Waals surface area contributed by atoms with E-state index in [0.717, 1.165) is 16.5 Å². The molecule has 0 aliphatic rings. The number of benzene rings is 1. The number of thiol groups is 1. The van der Waals surface area contributed by atoms with Gasteiger partial charge in [0.15, 0.2) is 0 Å². The number of aromatic nitrogens is 1. The summed E-state index contributed by atoms with van der Waals surface area (Å²) in [4.78, 5) is 52.4. The first-order chi connectivity index (χ1) is 16.1. The first-order valence-corrected chi connectivity index (χ1v) is 11.4. The molecule has 0 bridgehead atoms. The zero-order chi connectivity index (χ0) is 25.4. The minimum absolute atomic E-state index is 0.0839. The van der Waals surface area contributed by atoms with E-state index in [1.165, 1.54) is 0 Å². The second-order valence-electron chi connectivity index (χ2n) is 8.22. The summed E-state index contributed by atoms with van der Waals surface area (Å²) in [5.74, 6) is -3.84. The summed E-state index contributed by atoms with van der Waals surface area (Å²) in [6, 6.07) is 2.73. The fourth-order valence-electron chi connectivity index (χ4n) is 3.22. The highest BCUT2D eigenvalue weighted by molar-refractivity contribution is 7.80. The van der Waals surface area contributed by atoms with Gasteiger partial charge in [-0.1, -0.05) is 32.0 Å². The van der Waals surface area contributed by atoms with Crippen LogP contribution in [0.2, 0.25) is 0 Å². The number of hydrogen-bond acceptors (Lipinski definition) is 7. The highest BCUT2D eigenvalue weighted by Gasteiger charge is 2.30. The maximum atomic E-state index is 13.1. The lowest BCUT2D eigenvalue weighted by Crippen LogP contribution is -2.59. The average molecular weight is 494 g/mol. The fraction of sp³-hybridized carbons (Fsp3) is 0.455. The molecule has 1 aromatic heterocycles. The maximum Gasteiger partial charge on any atom is 0.327 e. The van der Waals surface area contributed by atoms with E-state index in [0.29, 0.717) is 0 Å². The molecule has 0 aliphatic carbocycles. The number of amides is 3. The van der Waals surface area contributed by atoms with Crippen molar-refractivity contribution in [3.8, 4) is 0 Å². The van der Waals surface area contributed by atoms with Crippen molar-refractivity contribution in [2.45, 2.75) is 44.4 Å². The van der Waals surface area contributed by atoms with E-state index in [4.69, 9.17) is 10.8 Å². The molecule has 1 aromatic carbocycles. The maximum absolute atomic E-state index is 13.1. The Hall–Kier alpha value is -3.09. The molecule has 0 fully saturated rings. The summed E-state index contributed by atoms with van der Waals surface area (Å²) in [6.45, 7) is 2.76. The van der Waals surface area contributed by atoms with E-state index in [1.54, 1.807) is 20.0 Å². The number of para-hydroxylation sites is 1. The summed E-state index contributed by atoms with van der Waals surface area (Å²) < 4.78 is 0. The Morgan fingerprint density at radius 2 is 1.59 bits per heavy atom. The number of rotatable bonds is 12. The summed E-state index contributed by atoms with van der Waals surface area (Å²) >= 11 is 3.87. The highest BCUT2D eigenvalue weighted by atomic mass is 32.1. The minimum Gasteiger partial charge on any atom is -0.480 e. The predicted octanol–water partition coefficient (Wildman–Crippen LogP) is -0.845. The number of hydrogen-bond donors (Lipinski definition) is 8. The van der Waals surface area contributed by atoms with Gasteiger partial charge in [0, 0.05) is 29.3 Å². The minimum atomic E-state index is -1.43. The largest absolute Gasteiger partial charge is 0.480 e. The molecule has 0 radical (unpaired) electrons. The third kappa shape index (κ3) is 6.95. The molecule has 4 unspecified atom stereocenters. The molecule has 11 nitrogen and oxygen atoms in total. The van der Waals surface area contributed by atoms with Gasteiger partial charge >= 0.3 is 5.97 Å². The van der Waals surface area contributed by atoms with Crippen LogP contribution in [0.1, 0.15) is 19.4 Å². The van der Waals surface area contributed by atoms with Crippen molar-refractivity contribution >= 4 is 47.2 Å². The lowest BCUT2D eigenvalue weighted by atomic mass is 10.0. The van der Waals surface area contributed by atoms with Crippen LogP contribution in [0, 0.1) is 5.92 Å². The zero-order valence-electron chi connectivity index (χ0n) is 18.9. The van der Waals surface area contributed by atoms with Gasteiger partial charge in [0.1, 0.15) is 18.1 Å². The number of aliphatic hydroxyl groups excluding tert-OH is 1. The fourth-order valence-corrected chi connectivity index (χ4v) is 3.47. The third-order valence-corrected chi connectivity index (χ3v) is 5.73. The molecule has 2 rings (SSSR count). The van der Waals surface area contributed by atoms with Crippen molar-refractivity contribution in [1.82, 2.24) is 20.9 Å². The van der Waals surface area contributed by atoms with Gasteiger partial charge in [-0.3, -0.25) is 14.4 Å². The van der Waals surface area contributed by atoms with Gasteiger partial charge in [0.2, 0.25) is 17.7 Å². The van der Waals surface area contributed by atoms with Crippen molar-refractivity contribution in [2.75, 3.05) is 12.4 Å². The van der Waals surface area contributed by atoms with Crippen LogP contribution in [-0.4, -0.2) is 75.4 Å². The standard InChI is InChI=1S/C22H31N5O6S/c1-11(2)18(23)21(31)25-15(7-12-8-24-14-6-4-3-5-13(12)14)19(29)26-16(9-28)20(30)27-17(10-34)22(32)33/h3-6,8,11,15-18,24,28,34H,7,9-10,23H2,1-2H3,(H,25,31)(H,26,29)(H,27,30)(H,32,33). The van der Waals surface area contributed by atoms with Crippen LogP contribution in [0.3, 0.4) is 0 Å². The average Bonchev–Trinajstić information content (AvgIpc) is 3.22. The number of carbonyl (C=O) groups excluding carboxylic acids is 3. The van der Waals surface area contributed by atoms with Crippen LogP contribution in [0.25, 0.3) is 10.9 Å². The lowest BCUT2D eigenvalue weighted by molar-refractivity contribution is -0.142. The first kappa shape index (κ1) is 27.2. The number of aromatic amines is 1. The molecule has 0 aliphatic heterocycles. The predicted molar refractivity (Wildman–Crippen MR) is 129 cm³/mol. The molecular weight excluding hydrogens is 462 g/mol. The van der Waals surface area contributed by atoms with Gasteiger partial charge in [-0.15, -0.1) is 0 Å². The Balaban J connectivity index is 2.24. The summed E-state index contributed by atoms with van der Waals surface area (Å²) in [7, 11) is 0. The van der Waals surface area contributed by atoms with E-state index < -0.39 is 54.5 Å². The van der Waals surface area contributed by atoms with Crippen LogP contribution < -0.4 is 21.7 Å². The Bertz CT molecular complexity index is 1030. The Morgan fingerprint density at radius 3 is 2.18 bits per heavy atom. The quantitative estimate of drug-likeness (QED) is 0.177. The molecule has 0 saturated heterocycles. The molecule has 0 spiro atoms. The van der Waals surface area contributed by atoms with Crippen LogP contribution in [0.4, 0.5) is 0 Å². The first-order valence-electron chi connectivity index (χ1n) is 10.7. The van der Waals surface area contributed by atoms with Gasteiger partial charge in [-0.2, -0.15) is 12.6 Å². The normalized spacial score (nSPS) is 14.8. The van der Waals surface area contributed by atoms with Crippen molar-refractivity contribution in [3.63, 3.8) is 0 Å². The van der Waals surface area contributed by atoms with Crippen molar-refractivity contribution in [2.24, 2.45) is 11.7 Å². The number of nitrogens with one attached hydrogen (secondary N) is 4. The molecule has 8 N–H and O–H groups in total. The van der Waals surface area contributed by atoms with Gasteiger partial charge in [0.05, 0.1) is 12.6 Å². The number of H-pyrrole nitrogens is 1. The summed E-state index contributed by atoms with van der Waals surface area (Å²) in [6.07, 6.45) is 1.81. The number of fused-ring (bicyclic) bond motifs is 1. The van der Waals surface area contributed by atoms with Crippen molar-refractivity contribution < 1.29 is 29.4 Å². The monoisotopic (exact) mass is 493 g/mol. The summed E-state index contributed by atoms with van der Waals surface area (Å²) in [5.41, 5.74) is 7.53. The third-order valence-electron chi connectivity index (χ3n) is 5.37. The van der Waals surface area contributed by atoms with Crippen LogP contribution in [-0.2, 0) is 25.6 Å². The molecule has 0 saturated carbocycles. The molecule has 34 heavy (non-hydrogen) atoms. The number of aliphatic carboxylic acids is 1. The summed E-state index contributed by atoms with van der Waals surface area (Å²) in [5, 5.41) is 26.8. The number of nitrogens with two attached hydrogens (primary N) is 1. The number of aliphatic hydroxyl groups is 1. The Labute approximate surface area is 202 Å². The Kier molecular flexibility index (Phi) is 9.90. The van der Waals surface area contributed by atoms with E-state index >= 15 is 0 Å². The molecule has 186 valence electrons. The second kappa shape index (κ2) is 12.4. The molecule has 2 aromatic rings. The van der Waals surface area contributed by atoms with Crippen molar-refractivity contribution in [3.05, 3.63) is 36.0 Å². The molecule has 1 heterocycles. The van der Waals surface area contributed by atoms with Gasteiger partial charge in [-0.05, 0) is 17.5 Å². The van der Waals surface area contributed by atoms with E-state index in [-0.39, 0.29) is 18.1 Å². The number of carboxylic acids is 1. The number of carbonyl (C=O) groups is 4. The smallest absolute Gasteiger partial charge is 0.327 e. The second-order valence-corrected chi connectivity index (χ2v) is 8.59. The van der Waals surface area contributed by atoms with E-state index in [9.17, 15) is 24.3 Å². The van der Waals surface area contributed by atoms with Crippen LogP contribution >= 0.6 is 12.6 Å². The molecule has 3 amide bonds. The van der Waals surface area contributed by atoms with Crippen LogP contribution in [0.15, 0.2) is 30.5 Å². The van der Waals surface area contributed by atoms with Gasteiger partial charge in [-0.25, -0.2) is 4.79 Å². The Morgan fingerprint density at radius 1 is 1.00 bits per heavy atom. The lowest BCUT2D eigenvalue weighted by Gasteiger charge is -2.25. The zero-order valence-corrected chi connectivity index (χ0v) is 19.8. The molecular formula is C22H31N5O6S. The topological polar surface area (TPSA) is 187 Å². The molecule has 4 atom stereocenters. The van der Waals surface area contributed by atoms with Crippen molar-refractivity contribution in [1.29, 1.82) is 0 Å². The van der Waals surface area contributed by atoms with E-state index in [2.05, 4.69) is 33.6 Å². The van der Waals surface area contributed by atoms with Gasteiger partial charge in [0.25, 0.3) is 0 Å². The number of carboxylic acid groups (broad SMARTS) is 1. The molecule has 12 heteroatoms. The SMILES string of the molecule is CC(C)C(N)C(=O)NC(Cc1c[nH]c2ccccc12)C(=O)NC(CO)C(=O)NC(CS)C(=O)O. The van der Waals surface area contributed by atoms with Gasteiger partial charge < -0.3 is 36.9 Å².